The number of carbonyl (C=O) groups excluding carboxylic acids is 1. The highest BCUT2D eigenvalue weighted by Crippen LogP contribution is 2.33. The van der Waals surface area contributed by atoms with Gasteiger partial charge in [0.25, 0.3) is 5.91 Å². The zero-order valence-corrected chi connectivity index (χ0v) is 17.6. The number of thiazole rings is 1. The van der Waals surface area contributed by atoms with E-state index < -0.39 is 0 Å². The van der Waals surface area contributed by atoms with Gasteiger partial charge in [0.2, 0.25) is 0 Å². The molecule has 2 heterocycles. The molecule has 2 aromatic carbocycles. The Morgan fingerprint density at radius 2 is 2.03 bits per heavy atom. The van der Waals surface area contributed by atoms with Crippen LogP contribution in [0.25, 0.3) is 20.9 Å². The fourth-order valence-corrected chi connectivity index (χ4v) is 4.26. The summed E-state index contributed by atoms with van der Waals surface area (Å²) < 4.78 is 5.50. The molecule has 0 saturated heterocycles. The molecule has 2 aromatic heterocycles. The number of ether oxygens (including phenoxy) is 1. The molecular formula is C21H15Cl2N3O2S. The summed E-state index contributed by atoms with van der Waals surface area (Å²) >= 11 is 13.5. The number of amides is 1. The van der Waals surface area contributed by atoms with E-state index in [1.165, 1.54) is 11.3 Å². The molecule has 0 saturated carbocycles. The Hall–Kier alpha value is -2.67. The normalized spacial score (nSPS) is 10.9. The van der Waals surface area contributed by atoms with Crippen LogP contribution in [-0.2, 0) is 4.79 Å². The molecule has 0 fully saturated rings. The molecule has 4 rings (SSSR count). The van der Waals surface area contributed by atoms with E-state index in [9.17, 15) is 4.79 Å². The standard InChI is InChI=1S/C21H15Cl2N3O2S/c1-12-14(20-26-17-6-3-9-24-21(17)29-20)4-2-5-16(12)25-19(27)11-28-18-8-7-13(22)10-15(18)23/h2-10H,11H2,1H3,(H,25,27). The Bertz CT molecular complexity index is 1180. The Morgan fingerprint density at radius 1 is 1.17 bits per heavy atom. The minimum Gasteiger partial charge on any atom is -0.482 e. The first-order valence-corrected chi connectivity index (χ1v) is 10.3. The van der Waals surface area contributed by atoms with Crippen LogP contribution >= 0.6 is 34.5 Å². The lowest BCUT2D eigenvalue weighted by Gasteiger charge is -2.12. The lowest BCUT2D eigenvalue weighted by Crippen LogP contribution is -2.20. The maximum atomic E-state index is 12.4. The van der Waals surface area contributed by atoms with E-state index in [1.54, 1.807) is 24.4 Å². The van der Waals surface area contributed by atoms with Gasteiger partial charge in [-0.3, -0.25) is 4.79 Å². The largest absolute Gasteiger partial charge is 0.482 e. The number of carbonyl (C=O) groups is 1. The molecule has 5 nitrogen and oxygen atoms in total. The van der Waals surface area contributed by atoms with E-state index in [0.717, 1.165) is 26.5 Å². The Morgan fingerprint density at radius 3 is 2.83 bits per heavy atom. The van der Waals surface area contributed by atoms with Crippen LogP contribution in [0.1, 0.15) is 5.56 Å². The maximum Gasteiger partial charge on any atom is 0.262 e. The Kier molecular flexibility index (Phi) is 5.67. The molecule has 29 heavy (non-hydrogen) atoms. The van der Waals surface area contributed by atoms with Gasteiger partial charge in [0, 0.05) is 22.5 Å². The Labute approximate surface area is 181 Å². The van der Waals surface area contributed by atoms with Gasteiger partial charge in [-0.05, 0) is 48.9 Å². The van der Waals surface area contributed by atoms with Crippen molar-refractivity contribution in [3.63, 3.8) is 0 Å². The first-order chi connectivity index (χ1) is 14.0. The molecule has 4 aromatic rings. The lowest BCUT2D eigenvalue weighted by molar-refractivity contribution is -0.118. The van der Waals surface area contributed by atoms with Crippen molar-refractivity contribution in [2.45, 2.75) is 6.92 Å². The number of aromatic nitrogens is 2. The highest BCUT2D eigenvalue weighted by molar-refractivity contribution is 7.21. The molecule has 0 spiro atoms. The number of halogens is 2. The number of nitrogens with zero attached hydrogens (tertiary/aromatic N) is 2. The number of fused-ring (bicyclic) bond motifs is 1. The molecule has 8 heteroatoms. The first-order valence-electron chi connectivity index (χ1n) is 8.70. The molecule has 0 aliphatic heterocycles. The number of pyridine rings is 1. The van der Waals surface area contributed by atoms with E-state index in [4.69, 9.17) is 27.9 Å². The predicted molar refractivity (Wildman–Crippen MR) is 118 cm³/mol. The number of anilines is 1. The molecule has 146 valence electrons. The zero-order valence-electron chi connectivity index (χ0n) is 15.3. The molecule has 0 unspecified atom stereocenters. The van der Waals surface area contributed by atoms with Crippen molar-refractivity contribution in [2.75, 3.05) is 11.9 Å². The van der Waals surface area contributed by atoms with Crippen molar-refractivity contribution in [1.29, 1.82) is 0 Å². The second-order valence-corrected chi connectivity index (χ2v) is 8.06. The van der Waals surface area contributed by atoms with Gasteiger partial charge in [0.05, 0.1) is 5.02 Å². The number of hydrogen-bond donors (Lipinski definition) is 1. The molecule has 0 aliphatic carbocycles. The van der Waals surface area contributed by atoms with Gasteiger partial charge in [-0.1, -0.05) is 46.7 Å². The minimum absolute atomic E-state index is 0.171. The fourth-order valence-electron chi connectivity index (χ4n) is 2.81. The van der Waals surface area contributed by atoms with Gasteiger partial charge in [-0.25, -0.2) is 9.97 Å². The van der Waals surface area contributed by atoms with Gasteiger partial charge in [0.1, 0.15) is 21.1 Å². The summed E-state index contributed by atoms with van der Waals surface area (Å²) in [6.45, 7) is 1.78. The van der Waals surface area contributed by atoms with Crippen LogP contribution in [0.3, 0.4) is 0 Å². The summed E-state index contributed by atoms with van der Waals surface area (Å²) in [5.41, 5.74) is 3.43. The van der Waals surface area contributed by atoms with Crippen LogP contribution in [0, 0.1) is 6.92 Å². The highest BCUT2D eigenvalue weighted by atomic mass is 35.5. The molecule has 0 radical (unpaired) electrons. The van der Waals surface area contributed by atoms with E-state index in [1.807, 2.05) is 37.3 Å². The average Bonchev–Trinajstić information content (AvgIpc) is 3.13. The number of nitrogens with one attached hydrogen (secondary N) is 1. The lowest BCUT2D eigenvalue weighted by atomic mass is 10.1. The second kappa shape index (κ2) is 8.37. The first kappa shape index (κ1) is 19.6. The molecule has 0 bridgehead atoms. The summed E-state index contributed by atoms with van der Waals surface area (Å²) in [6, 6.07) is 14.4. The molecule has 0 atom stereocenters. The molecular weight excluding hydrogens is 429 g/mol. The quantitative estimate of drug-likeness (QED) is 0.411. The van der Waals surface area contributed by atoms with Crippen molar-refractivity contribution in [2.24, 2.45) is 0 Å². The van der Waals surface area contributed by atoms with Gasteiger partial charge in [0.15, 0.2) is 6.61 Å². The van der Waals surface area contributed by atoms with E-state index >= 15 is 0 Å². The van der Waals surface area contributed by atoms with Crippen molar-refractivity contribution >= 4 is 56.5 Å². The summed E-state index contributed by atoms with van der Waals surface area (Å²) in [5, 5.41) is 4.60. The van der Waals surface area contributed by atoms with E-state index in [2.05, 4.69) is 15.3 Å². The van der Waals surface area contributed by atoms with E-state index in [0.29, 0.717) is 21.5 Å². The zero-order chi connectivity index (χ0) is 20.4. The minimum atomic E-state index is -0.290. The Balaban J connectivity index is 1.50. The van der Waals surface area contributed by atoms with Gasteiger partial charge in [-0.15, -0.1) is 0 Å². The molecule has 1 N–H and O–H groups in total. The van der Waals surface area contributed by atoms with Crippen LogP contribution in [-0.4, -0.2) is 22.5 Å². The smallest absolute Gasteiger partial charge is 0.262 e. The third-order valence-electron chi connectivity index (χ3n) is 4.26. The van der Waals surface area contributed by atoms with Gasteiger partial charge in [-0.2, -0.15) is 0 Å². The van der Waals surface area contributed by atoms with Crippen LogP contribution in [0.2, 0.25) is 10.0 Å². The van der Waals surface area contributed by atoms with Crippen LogP contribution < -0.4 is 10.1 Å². The topological polar surface area (TPSA) is 64.1 Å². The third-order valence-corrected chi connectivity index (χ3v) is 5.80. The highest BCUT2D eigenvalue weighted by Gasteiger charge is 2.14. The monoisotopic (exact) mass is 443 g/mol. The maximum absolute atomic E-state index is 12.4. The van der Waals surface area contributed by atoms with E-state index in [-0.39, 0.29) is 12.5 Å². The van der Waals surface area contributed by atoms with Crippen molar-refractivity contribution in [3.05, 3.63) is 70.3 Å². The van der Waals surface area contributed by atoms with Crippen LogP contribution in [0.15, 0.2) is 54.7 Å². The number of benzene rings is 2. The van der Waals surface area contributed by atoms with Crippen LogP contribution in [0.5, 0.6) is 5.75 Å². The average molecular weight is 444 g/mol. The van der Waals surface area contributed by atoms with Crippen molar-refractivity contribution < 1.29 is 9.53 Å². The second-order valence-electron chi connectivity index (χ2n) is 6.24. The van der Waals surface area contributed by atoms with Crippen molar-refractivity contribution in [3.8, 4) is 16.3 Å². The fraction of sp³-hybridized carbons (Fsp3) is 0.0952. The summed E-state index contributed by atoms with van der Waals surface area (Å²) in [4.78, 5) is 22.3. The summed E-state index contributed by atoms with van der Waals surface area (Å²) in [6.07, 6.45) is 1.75. The van der Waals surface area contributed by atoms with Crippen molar-refractivity contribution in [1.82, 2.24) is 9.97 Å². The summed E-state index contributed by atoms with van der Waals surface area (Å²) in [5.74, 6) is 0.112. The molecule has 0 aliphatic rings. The summed E-state index contributed by atoms with van der Waals surface area (Å²) in [7, 11) is 0. The third kappa shape index (κ3) is 4.34. The number of hydrogen-bond acceptors (Lipinski definition) is 5. The van der Waals surface area contributed by atoms with Crippen LogP contribution in [0.4, 0.5) is 5.69 Å². The molecule has 1 amide bonds. The predicted octanol–water partition coefficient (Wildman–Crippen LogP) is 5.99. The van der Waals surface area contributed by atoms with Gasteiger partial charge < -0.3 is 10.1 Å². The van der Waals surface area contributed by atoms with Gasteiger partial charge >= 0.3 is 0 Å². The number of rotatable bonds is 5. The SMILES string of the molecule is Cc1c(NC(=O)COc2ccc(Cl)cc2Cl)cccc1-c1nc2cccnc2s1.